The molecule has 0 saturated carbocycles. The molecule has 1 aliphatic rings. The van der Waals surface area contributed by atoms with Gasteiger partial charge in [0.25, 0.3) is 0 Å². The Bertz CT molecular complexity index is 746. The molecular weight excluding hydrogens is 332 g/mol. The molecule has 1 saturated heterocycles. The van der Waals surface area contributed by atoms with Crippen LogP contribution in [0, 0.1) is 5.41 Å². The van der Waals surface area contributed by atoms with Crippen LogP contribution in [0.25, 0.3) is 0 Å². The Morgan fingerprint density at radius 3 is 2.73 bits per heavy atom. The molecule has 3 rings (SSSR count). The first kappa shape index (κ1) is 18.5. The van der Waals surface area contributed by atoms with Gasteiger partial charge in [0.2, 0.25) is 0 Å². The van der Waals surface area contributed by atoms with E-state index in [0.717, 1.165) is 11.4 Å². The smallest absolute Gasteiger partial charge is 0.313 e. The lowest BCUT2D eigenvalue weighted by atomic mass is 9.73. The average molecular weight is 358 g/mol. The van der Waals surface area contributed by atoms with Crippen molar-refractivity contribution in [3.63, 3.8) is 0 Å². The Hall–Kier alpha value is -2.25. The summed E-state index contributed by atoms with van der Waals surface area (Å²) in [5, 5.41) is 28.8. The number of carbonyl (C=O) groups is 1. The molecule has 140 valence electrons. The van der Waals surface area contributed by atoms with Crippen molar-refractivity contribution in [2.45, 2.75) is 45.4 Å². The number of hydrogen-bond acceptors (Lipinski definition) is 5. The fourth-order valence-corrected chi connectivity index (χ4v) is 3.73. The monoisotopic (exact) mass is 358 g/mol. The van der Waals surface area contributed by atoms with Gasteiger partial charge in [-0.05, 0) is 32.3 Å². The molecule has 2 N–H and O–H groups in total. The maximum atomic E-state index is 12.2. The van der Waals surface area contributed by atoms with E-state index < -0.39 is 17.5 Å². The van der Waals surface area contributed by atoms with Crippen LogP contribution in [0.1, 0.15) is 37.7 Å². The SMILES string of the molecule is CC(C)n1cnnc1CN1CC[C@H](O)[C@@](Cc2ccccc2)(C(=O)O)C1. The molecule has 1 fully saturated rings. The van der Waals surface area contributed by atoms with E-state index in [1.165, 1.54) is 0 Å². The number of rotatable bonds is 6. The largest absolute Gasteiger partial charge is 0.481 e. The zero-order valence-corrected chi connectivity index (χ0v) is 15.2. The first-order valence-electron chi connectivity index (χ1n) is 8.98. The number of aliphatic carboxylic acids is 1. The second kappa shape index (κ2) is 7.55. The number of aromatic nitrogens is 3. The molecule has 0 aliphatic carbocycles. The maximum absolute atomic E-state index is 12.2. The van der Waals surface area contributed by atoms with Crippen LogP contribution in [0.15, 0.2) is 36.7 Å². The third-order valence-electron chi connectivity index (χ3n) is 5.22. The van der Waals surface area contributed by atoms with Crippen molar-refractivity contribution in [2.75, 3.05) is 13.1 Å². The van der Waals surface area contributed by atoms with Gasteiger partial charge in [0, 0.05) is 19.1 Å². The highest BCUT2D eigenvalue weighted by molar-refractivity contribution is 5.76. The van der Waals surface area contributed by atoms with E-state index in [2.05, 4.69) is 28.9 Å². The first-order chi connectivity index (χ1) is 12.4. The Kier molecular flexibility index (Phi) is 5.38. The number of aliphatic hydroxyl groups is 1. The second-order valence-corrected chi connectivity index (χ2v) is 7.39. The van der Waals surface area contributed by atoms with Crippen molar-refractivity contribution in [3.8, 4) is 0 Å². The van der Waals surface area contributed by atoms with Crippen molar-refractivity contribution in [1.29, 1.82) is 0 Å². The van der Waals surface area contributed by atoms with Crippen molar-refractivity contribution in [3.05, 3.63) is 48.0 Å². The summed E-state index contributed by atoms with van der Waals surface area (Å²) >= 11 is 0. The van der Waals surface area contributed by atoms with Crippen molar-refractivity contribution in [2.24, 2.45) is 5.41 Å². The van der Waals surface area contributed by atoms with E-state index in [9.17, 15) is 15.0 Å². The topological polar surface area (TPSA) is 91.5 Å². The van der Waals surface area contributed by atoms with Gasteiger partial charge in [-0.1, -0.05) is 30.3 Å². The Morgan fingerprint density at radius 2 is 2.08 bits per heavy atom. The molecule has 0 unspecified atom stereocenters. The summed E-state index contributed by atoms with van der Waals surface area (Å²) in [4.78, 5) is 14.3. The molecule has 0 radical (unpaired) electrons. The second-order valence-electron chi connectivity index (χ2n) is 7.39. The minimum atomic E-state index is -1.22. The van der Waals surface area contributed by atoms with Gasteiger partial charge in [0.1, 0.15) is 17.6 Å². The van der Waals surface area contributed by atoms with Gasteiger partial charge in [-0.3, -0.25) is 9.69 Å². The van der Waals surface area contributed by atoms with Crippen molar-refractivity contribution >= 4 is 5.97 Å². The fourth-order valence-electron chi connectivity index (χ4n) is 3.73. The summed E-state index contributed by atoms with van der Waals surface area (Å²) in [6, 6.07) is 9.74. The summed E-state index contributed by atoms with van der Waals surface area (Å²) in [5.74, 6) is -0.140. The summed E-state index contributed by atoms with van der Waals surface area (Å²) in [5.41, 5.74) is -0.302. The molecule has 2 heterocycles. The van der Waals surface area contributed by atoms with E-state index in [4.69, 9.17) is 0 Å². The number of aliphatic hydroxyl groups excluding tert-OH is 1. The Balaban J connectivity index is 1.83. The van der Waals surface area contributed by atoms with Crippen LogP contribution >= 0.6 is 0 Å². The number of hydrogen-bond donors (Lipinski definition) is 2. The van der Waals surface area contributed by atoms with E-state index in [-0.39, 0.29) is 12.6 Å². The molecule has 2 aromatic rings. The summed E-state index contributed by atoms with van der Waals surface area (Å²) < 4.78 is 1.99. The zero-order chi connectivity index (χ0) is 18.7. The molecule has 0 bridgehead atoms. The third kappa shape index (κ3) is 3.64. The summed E-state index contributed by atoms with van der Waals surface area (Å²) in [7, 11) is 0. The van der Waals surface area contributed by atoms with Crippen molar-refractivity contribution < 1.29 is 15.0 Å². The van der Waals surface area contributed by atoms with Gasteiger partial charge in [-0.2, -0.15) is 0 Å². The van der Waals surface area contributed by atoms with Crippen LogP contribution in [0.4, 0.5) is 0 Å². The number of benzene rings is 1. The predicted molar refractivity (Wildman–Crippen MR) is 96.5 cm³/mol. The zero-order valence-electron chi connectivity index (χ0n) is 15.2. The summed E-state index contributed by atoms with van der Waals surface area (Å²) in [6.45, 7) is 5.56. The number of carboxylic acid groups (broad SMARTS) is 1. The molecule has 1 aromatic carbocycles. The molecule has 0 spiro atoms. The number of carboxylic acids is 1. The lowest BCUT2D eigenvalue weighted by Gasteiger charge is -2.43. The average Bonchev–Trinajstić information content (AvgIpc) is 3.07. The number of piperidine rings is 1. The first-order valence-corrected chi connectivity index (χ1v) is 8.98. The van der Waals surface area contributed by atoms with E-state index in [0.29, 0.717) is 25.9 Å². The highest BCUT2D eigenvalue weighted by Crippen LogP contribution is 2.35. The maximum Gasteiger partial charge on any atom is 0.313 e. The normalized spacial score (nSPS) is 24.1. The van der Waals surface area contributed by atoms with E-state index in [1.54, 1.807) is 6.33 Å². The minimum Gasteiger partial charge on any atom is -0.481 e. The number of nitrogens with zero attached hydrogens (tertiary/aromatic N) is 4. The third-order valence-corrected chi connectivity index (χ3v) is 5.22. The van der Waals surface area contributed by atoms with Crippen LogP contribution in [-0.4, -0.2) is 55.0 Å². The molecule has 7 heteroatoms. The highest BCUT2D eigenvalue weighted by atomic mass is 16.4. The minimum absolute atomic E-state index is 0.240. The van der Waals surface area contributed by atoms with Gasteiger partial charge < -0.3 is 14.8 Å². The van der Waals surface area contributed by atoms with E-state index >= 15 is 0 Å². The molecule has 2 atom stereocenters. The molecular formula is C19H26N4O3. The van der Waals surface area contributed by atoms with Crippen LogP contribution < -0.4 is 0 Å². The van der Waals surface area contributed by atoms with Crippen LogP contribution in [0.3, 0.4) is 0 Å². The van der Waals surface area contributed by atoms with Gasteiger partial charge in [0.15, 0.2) is 0 Å². The van der Waals surface area contributed by atoms with Gasteiger partial charge in [-0.15, -0.1) is 10.2 Å². The van der Waals surface area contributed by atoms with Crippen LogP contribution in [-0.2, 0) is 17.8 Å². The lowest BCUT2D eigenvalue weighted by molar-refractivity contribution is -0.163. The molecule has 0 amide bonds. The molecule has 7 nitrogen and oxygen atoms in total. The molecule has 26 heavy (non-hydrogen) atoms. The quantitative estimate of drug-likeness (QED) is 0.817. The standard InChI is InChI=1S/C19H26N4O3/c1-14(2)23-13-20-21-17(23)11-22-9-8-16(24)19(12-22,18(25)26)10-15-6-4-3-5-7-15/h3-7,13-14,16,24H,8-12H2,1-2H3,(H,25,26)/t16-,19-/m0/s1. The molecule has 1 aromatic heterocycles. The number of likely N-dealkylation sites (tertiary alicyclic amines) is 1. The van der Waals surface area contributed by atoms with E-state index in [1.807, 2.05) is 34.9 Å². The van der Waals surface area contributed by atoms with Gasteiger partial charge >= 0.3 is 5.97 Å². The predicted octanol–water partition coefficient (Wildman–Crippen LogP) is 1.74. The summed E-state index contributed by atoms with van der Waals surface area (Å²) in [6.07, 6.45) is 1.55. The Labute approximate surface area is 153 Å². The fraction of sp³-hybridized carbons (Fsp3) is 0.526. The van der Waals surface area contributed by atoms with Crippen LogP contribution in [0.2, 0.25) is 0 Å². The lowest BCUT2D eigenvalue weighted by Crippen LogP contribution is -2.57. The van der Waals surface area contributed by atoms with Crippen LogP contribution in [0.5, 0.6) is 0 Å². The molecule has 1 aliphatic heterocycles. The Morgan fingerprint density at radius 1 is 1.35 bits per heavy atom. The van der Waals surface area contributed by atoms with Gasteiger partial charge in [-0.25, -0.2) is 0 Å². The van der Waals surface area contributed by atoms with Gasteiger partial charge in [0.05, 0.1) is 12.6 Å². The highest BCUT2D eigenvalue weighted by Gasteiger charge is 2.49. The van der Waals surface area contributed by atoms with Crippen molar-refractivity contribution in [1.82, 2.24) is 19.7 Å².